The van der Waals surface area contributed by atoms with E-state index in [1.165, 1.54) is 6.07 Å². The number of pyridine rings is 1. The first-order valence-corrected chi connectivity index (χ1v) is 13.0. The summed E-state index contributed by atoms with van der Waals surface area (Å²) in [6.45, 7) is 4.65. The van der Waals surface area contributed by atoms with Crippen molar-refractivity contribution in [3.63, 3.8) is 0 Å². The molecule has 0 bridgehead atoms. The molecule has 4 rings (SSSR count). The highest BCUT2D eigenvalue weighted by Gasteiger charge is 2.28. The van der Waals surface area contributed by atoms with Gasteiger partial charge in [-0.3, -0.25) is 9.78 Å². The Bertz CT molecular complexity index is 1350. The molecular weight excluding hydrogens is 468 g/mol. The third-order valence-corrected chi connectivity index (χ3v) is 7.59. The molecule has 2 heterocycles. The van der Waals surface area contributed by atoms with E-state index in [2.05, 4.69) is 15.0 Å². The predicted molar refractivity (Wildman–Crippen MR) is 133 cm³/mol. The molecule has 0 unspecified atom stereocenters. The Kier molecular flexibility index (Phi) is 7.32. The van der Waals surface area contributed by atoms with Crippen molar-refractivity contribution in [1.29, 1.82) is 0 Å². The van der Waals surface area contributed by atoms with Crippen LogP contribution in [0.2, 0.25) is 0 Å². The fourth-order valence-electron chi connectivity index (χ4n) is 4.21. The highest BCUT2D eigenvalue weighted by molar-refractivity contribution is 7.89. The Balaban J connectivity index is 1.55. The first-order valence-electron chi connectivity index (χ1n) is 11.5. The average Bonchev–Trinajstić information content (AvgIpc) is 2.84. The van der Waals surface area contributed by atoms with Crippen molar-refractivity contribution in [2.24, 2.45) is 0 Å². The maximum Gasteiger partial charge on any atom is 0.409 e. The number of likely N-dealkylation sites (tertiary alicyclic amines) is 1. The molecule has 2 N–H and O–H groups in total. The third kappa shape index (κ3) is 5.44. The summed E-state index contributed by atoms with van der Waals surface area (Å²) in [5.74, 6) is -0.317. The second-order valence-electron chi connectivity index (χ2n) is 8.33. The van der Waals surface area contributed by atoms with Gasteiger partial charge in [0, 0.05) is 47.5 Å². The van der Waals surface area contributed by atoms with Gasteiger partial charge in [0.25, 0.3) is 5.91 Å². The van der Waals surface area contributed by atoms with Crippen LogP contribution >= 0.6 is 0 Å². The number of carbonyl (C=O) groups excluding carboxylic acids is 2. The van der Waals surface area contributed by atoms with Crippen LogP contribution in [-0.2, 0) is 14.8 Å². The summed E-state index contributed by atoms with van der Waals surface area (Å²) in [7, 11) is -3.85. The van der Waals surface area contributed by atoms with E-state index in [-0.39, 0.29) is 22.9 Å². The van der Waals surface area contributed by atoms with E-state index >= 15 is 0 Å². The minimum Gasteiger partial charge on any atom is -0.450 e. The van der Waals surface area contributed by atoms with Gasteiger partial charge in [-0.25, -0.2) is 17.9 Å². The topological polar surface area (TPSA) is 118 Å². The standard InChI is InChI=1S/C25H28N4O5S/c1-3-34-25(31)29-15-12-18(13-16-29)28-35(32,33)23-11-10-22(20-7-4-5-8-21(20)23)27-24(30)19-9-6-14-26-17(19)2/h4-11,14,18,28H,3,12-13,15-16H2,1-2H3,(H,27,30). The molecule has 10 heteroatoms. The Morgan fingerprint density at radius 1 is 1.06 bits per heavy atom. The molecule has 1 aromatic heterocycles. The minimum absolute atomic E-state index is 0.136. The molecule has 0 saturated carbocycles. The van der Waals surface area contributed by atoms with Gasteiger partial charge in [-0.2, -0.15) is 0 Å². The number of anilines is 1. The van der Waals surface area contributed by atoms with E-state index < -0.39 is 10.0 Å². The number of amides is 2. The van der Waals surface area contributed by atoms with Crippen LogP contribution in [0.5, 0.6) is 0 Å². The minimum atomic E-state index is -3.85. The Morgan fingerprint density at radius 3 is 2.46 bits per heavy atom. The number of aryl methyl sites for hydroxylation is 1. The number of sulfonamides is 1. The first-order chi connectivity index (χ1) is 16.8. The number of carbonyl (C=O) groups is 2. The van der Waals surface area contributed by atoms with Crippen molar-refractivity contribution in [2.45, 2.75) is 37.6 Å². The molecule has 35 heavy (non-hydrogen) atoms. The molecule has 3 aromatic rings. The van der Waals surface area contributed by atoms with Crippen molar-refractivity contribution < 1.29 is 22.7 Å². The number of nitrogens with zero attached hydrogens (tertiary/aromatic N) is 2. The number of benzene rings is 2. The average molecular weight is 497 g/mol. The lowest BCUT2D eigenvalue weighted by Crippen LogP contribution is -2.46. The molecule has 0 radical (unpaired) electrons. The molecule has 0 atom stereocenters. The molecule has 1 fully saturated rings. The van der Waals surface area contributed by atoms with Gasteiger partial charge in [0.1, 0.15) is 0 Å². The van der Waals surface area contributed by atoms with Crippen LogP contribution in [0.1, 0.15) is 35.8 Å². The smallest absolute Gasteiger partial charge is 0.409 e. The highest BCUT2D eigenvalue weighted by Crippen LogP contribution is 2.30. The van der Waals surface area contributed by atoms with Gasteiger partial charge in [0.2, 0.25) is 10.0 Å². The van der Waals surface area contributed by atoms with E-state index in [9.17, 15) is 18.0 Å². The van der Waals surface area contributed by atoms with E-state index in [4.69, 9.17) is 4.74 Å². The number of hydrogen-bond donors (Lipinski definition) is 2. The van der Waals surface area contributed by atoms with Crippen LogP contribution < -0.4 is 10.0 Å². The zero-order valence-electron chi connectivity index (χ0n) is 19.7. The quantitative estimate of drug-likeness (QED) is 0.537. The first kappa shape index (κ1) is 24.6. The molecule has 2 amide bonds. The summed E-state index contributed by atoms with van der Waals surface area (Å²) in [6.07, 6.45) is 2.23. The third-order valence-electron chi connectivity index (χ3n) is 6.02. The largest absolute Gasteiger partial charge is 0.450 e. The SMILES string of the molecule is CCOC(=O)N1CCC(NS(=O)(=O)c2ccc(NC(=O)c3cccnc3C)c3ccccc23)CC1. The van der Waals surface area contributed by atoms with Crippen LogP contribution in [0.3, 0.4) is 0 Å². The zero-order chi connectivity index (χ0) is 25.0. The number of hydrogen-bond acceptors (Lipinski definition) is 6. The number of ether oxygens (including phenoxy) is 1. The fraction of sp³-hybridized carbons (Fsp3) is 0.320. The van der Waals surface area contributed by atoms with Gasteiger partial charge in [-0.1, -0.05) is 24.3 Å². The van der Waals surface area contributed by atoms with Gasteiger partial charge in [-0.15, -0.1) is 0 Å². The van der Waals surface area contributed by atoms with E-state index in [0.29, 0.717) is 60.3 Å². The second-order valence-corrected chi connectivity index (χ2v) is 10.0. The maximum atomic E-state index is 13.3. The molecule has 2 aromatic carbocycles. The number of piperidine rings is 1. The Labute approximate surface area is 204 Å². The summed E-state index contributed by atoms with van der Waals surface area (Å²) in [5.41, 5.74) is 1.56. The summed E-state index contributed by atoms with van der Waals surface area (Å²) in [5, 5.41) is 4.00. The normalized spacial score (nSPS) is 14.6. The van der Waals surface area contributed by atoms with Crippen molar-refractivity contribution in [2.75, 3.05) is 25.0 Å². The van der Waals surface area contributed by atoms with E-state index in [0.717, 1.165) is 0 Å². The van der Waals surface area contributed by atoms with Crippen molar-refractivity contribution in [1.82, 2.24) is 14.6 Å². The second kappa shape index (κ2) is 10.4. The molecule has 184 valence electrons. The summed E-state index contributed by atoms with van der Waals surface area (Å²) < 4.78 is 34.4. The van der Waals surface area contributed by atoms with Gasteiger partial charge in [0.15, 0.2) is 0 Å². The van der Waals surface area contributed by atoms with Gasteiger partial charge >= 0.3 is 6.09 Å². The zero-order valence-corrected chi connectivity index (χ0v) is 20.5. The monoisotopic (exact) mass is 496 g/mol. The van der Waals surface area contributed by atoms with Crippen LogP contribution in [0.15, 0.2) is 59.6 Å². The highest BCUT2D eigenvalue weighted by atomic mass is 32.2. The van der Waals surface area contributed by atoms with Crippen LogP contribution in [0, 0.1) is 6.92 Å². The summed E-state index contributed by atoms with van der Waals surface area (Å²) in [6, 6.07) is 13.2. The molecule has 1 saturated heterocycles. The predicted octanol–water partition coefficient (Wildman–Crippen LogP) is 3.69. The van der Waals surface area contributed by atoms with Gasteiger partial charge in [-0.05, 0) is 51.0 Å². The van der Waals surface area contributed by atoms with Crippen molar-refractivity contribution >= 4 is 38.5 Å². The number of rotatable bonds is 6. The lowest BCUT2D eigenvalue weighted by molar-refractivity contribution is 0.0964. The number of nitrogens with one attached hydrogen (secondary N) is 2. The molecule has 9 nitrogen and oxygen atoms in total. The summed E-state index contributed by atoms with van der Waals surface area (Å²) in [4.78, 5) is 30.6. The lowest BCUT2D eigenvalue weighted by Gasteiger charge is -2.31. The van der Waals surface area contributed by atoms with Crippen molar-refractivity contribution in [3.05, 3.63) is 66.0 Å². The number of aromatic nitrogens is 1. The molecular formula is C25H28N4O5S. The Hall–Kier alpha value is -3.50. The van der Waals surface area contributed by atoms with Crippen LogP contribution in [-0.4, -0.2) is 56.0 Å². The van der Waals surface area contributed by atoms with E-state index in [1.54, 1.807) is 67.4 Å². The van der Waals surface area contributed by atoms with Gasteiger partial charge in [0.05, 0.1) is 17.1 Å². The number of fused-ring (bicyclic) bond motifs is 1. The van der Waals surface area contributed by atoms with E-state index in [1.807, 2.05) is 0 Å². The molecule has 0 aliphatic carbocycles. The van der Waals surface area contributed by atoms with Gasteiger partial charge < -0.3 is 15.0 Å². The molecule has 1 aliphatic rings. The fourth-order valence-corrected chi connectivity index (χ4v) is 5.72. The molecule has 0 spiro atoms. The Morgan fingerprint density at radius 2 is 1.77 bits per heavy atom. The van der Waals surface area contributed by atoms with Crippen molar-refractivity contribution in [3.8, 4) is 0 Å². The summed E-state index contributed by atoms with van der Waals surface area (Å²) >= 11 is 0. The lowest BCUT2D eigenvalue weighted by atomic mass is 10.1. The van der Waals surface area contributed by atoms with Crippen LogP contribution in [0.25, 0.3) is 10.8 Å². The van der Waals surface area contributed by atoms with Crippen LogP contribution in [0.4, 0.5) is 10.5 Å². The molecule has 1 aliphatic heterocycles. The maximum absolute atomic E-state index is 13.3.